The van der Waals surface area contributed by atoms with E-state index in [0.29, 0.717) is 24.6 Å². The highest BCUT2D eigenvalue weighted by molar-refractivity contribution is 6.28. The molecule has 2 aliphatic rings. The lowest BCUT2D eigenvalue weighted by molar-refractivity contribution is 0.458. The molecule has 4 nitrogen and oxygen atoms in total. The van der Waals surface area contributed by atoms with E-state index in [-0.39, 0.29) is 11.2 Å². The molecule has 1 fully saturated rings. The number of alkyl halides is 1. The second-order valence-electron chi connectivity index (χ2n) is 4.11. The highest BCUT2D eigenvalue weighted by Crippen LogP contribution is 2.41. The van der Waals surface area contributed by atoms with Crippen molar-refractivity contribution in [2.24, 2.45) is 10.9 Å². The van der Waals surface area contributed by atoms with Gasteiger partial charge in [-0.3, -0.25) is 4.99 Å². The fourth-order valence-electron chi connectivity index (χ4n) is 1.83. The Hall–Kier alpha value is -1.49. The number of nitrogens with one attached hydrogen (secondary N) is 1. The maximum atomic E-state index is 12.9. The monoisotopic (exact) mass is 252 g/mol. The molecule has 17 heavy (non-hydrogen) atoms. The van der Waals surface area contributed by atoms with Crippen LogP contribution in [0.2, 0.25) is 5.28 Å². The van der Waals surface area contributed by atoms with Gasteiger partial charge in [0.25, 0.3) is 0 Å². The first-order valence-corrected chi connectivity index (χ1v) is 5.75. The largest absolute Gasteiger partial charge is 0.325 e. The summed E-state index contributed by atoms with van der Waals surface area (Å²) in [7, 11) is 0. The van der Waals surface area contributed by atoms with Crippen molar-refractivity contribution >= 4 is 23.3 Å². The lowest BCUT2D eigenvalue weighted by Crippen LogP contribution is -2.08. The number of rotatable bonds is 2. The van der Waals surface area contributed by atoms with Crippen molar-refractivity contribution in [2.75, 3.05) is 11.9 Å². The number of aromatic nitrogens is 2. The van der Waals surface area contributed by atoms with Gasteiger partial charge in [0.2, 0.25) is 5.28 Å². The van der Waals surface area contributed by atoms with Gasteiger partial charge in [-0.25, -0.2) is 14.4 Å². The summed E-state index contributed by atoms with van der Waals surface area (Å²) in [5.41, 5.74) is 1.06. The molecule has 1 aromatic rings. The number of hydrogen-bond acceptors (Lipinski definition) is 4. The van der Waals surface area contributed by atoms with Crippen molar-refractivity contribution in [3.63, 3.8) is 0 Å². The van der Waals surface area contributed by atoms with Gasteiger partial charge in [0.05, 0.1) is 6.54 Å². The molecule has 0 bridgehead atoms. The molecule has 1 aromatic heterocycles. The van der Waals surface area contributed by atoms with Crippen LogP contribution in [-0.2, 0) is 0 Å². The molecule has 0 amide bonds. The predicted octanol–water partition coefficient (Wildman–Crippen LogP) is 2.24. The molecule has 0 radical (unpaired) electrons. The van der Waals surface area contributed by atoms with E-state index >= 15 is 0 Å². The first-order valence-electron chi connectivity index (χ1n) is 5.37. The zero-order chi connectivity index (χ0) is 11.8. The molecule has 6 heteroatoms. The van der Waals surface area contributed by atoms with Crippen LogP contribution in [-0.4, -0.2) is 28.5 Å². The Morgan fingerprint density at radius 3 is 3.00 bits per heavy atom. The van der Waals surface area contributed by atoms with Crippen LogP contribution >= 0.6 is 11.6 Å². The van der Waals surface area contributed by atoms with E-state index in [1.807, 2.05) is 6.08 Å². The summed E-state index contributed by atoms with van der Waals surface area (Å²) in [5.74, 6) is 1.37. The van der Waals surface area contributed by atoms with Crippen LogP contribution in [0.1, 0.15) is 6.42 Å². The van der Waals surface area contributed by atoms with Crippen molar-refractivity contribution in [1.29, 1.82) is 0 Å². The van der Waals surface area contributed by atoms with Crippen LogP contribution in [0.3, 0.4) is 0 Å². The van der Waals surface area contributed by atoms with E-state index < -0.39 is 6.17 Å². The first-order chi connectivity index (χ1) is 8.22. The van der Waals surface area contributed by atoms with Crippen molar-refractivity contribution in [1.82, 2.24) is 9.97 Å². The summed E-state index contributed by atoms with van der Waals surface area (Å²) < 4.78 is 12.9. The average Bonchev–Trinajstić information content (AvgIpc) is 2.85. The molecular formula is C11H10ClFN4. The van der Waals surface area contributed by atoms with Crippen molar-refractivity contribution in [2.45, 2.75) is 12.6 Å². The number of aliphatic imine (C=N–C) groups is 1. The normalized spacial score (nSPS) is 26.5. The highest BCUT2D eigenvalue weighted by atomic mass is 35.5. The third kappa shape index (κ3) is 2.29. The Balaban J connectivity index is 1.69. The molecule has 0 saturated heterocycles. The Kier molecular flexibility index (Phi) is 2.55. The average molecular weight is 253 g/mol. The van der Waals surface area contributed by atoms with Crippen LogP contribution in [0.25, 0.3) is 0 Å². The lowest BCUT2D eigenvalue weighted by atomic mass is 10.2. The molecule has 2 heterocycles. The fraction of sp³-hybridized carbons (Fsp3) is 0.364. The highest BCUT2D eigenvalue weighted by Gasteiger charge is 2.41. The van der Waals surface area contributed by atoms with Gasteiger partial charge < -0.3 is 5.32 Å². The van der Waals surface area contributed by atoms with Gasteiger partial charge in [-0.15, -0.1) is 0 Å². The van der Waals surface area contributed by atoms with Gasteiger partial charge in [0, 0.05) is 12.1 Å². The smallest absolute Gasteiger partial charge is 0.224 e. The maximum absolute atomic E-state index is 12.9. The quantitative estimate of drug-likeness (QED) is 0.822. The molecule has 0 spiro atoms. The van der Waals surface area contributed by atoms with E-state index in [1.54, 1.807) is 12.3 Å². The van der Waals surface area contributed by atoms with Crippen LogP contribution < -0.4 is 5.32 Å². The number of amidine groups is 1. The molecule has 1 N–H and O–H groups in total. The minimum atomic E-state index is -0.677. The molecule has 1 aliphatic heterocycles. The number of halogens is 2. The second-order valence-corrected chi connectivity index (χ2v) is 4.45. The first kappa shape index (κ1) is 10.7. The minimum absolute atomic E-state index is 0.0760. The van der Waals surface area contributed by atoms with E-state index in [1.165, 1.54) is 0 Å². The standard InChI is InChI=1S/C11H10ClFN4/c12-11-14-2-1-9(17-11)16-10-3-6(5-15-10)7-4-8(7)13/h1-3,7-8H,4-5H2,(H,14,15,16,17)/t7-,8-/m0/s1. The Morgan fingerprint density at radius 2 is 2.29 bits per heavy atom. The van der Waals surface area contributed by atoms with Crippen LogP contribution in [0.5, 0.6) is 0 Å². The van der Waals surface area contributed by atoms with E-state index in [4.69, 9.17) is 11.6 Å². The molecule has 88 valence electrons. The summed E-state index contributed by atoms with van der Waals surface area (Å²) in [6, 6.07) is 1.70. The van der Waals surface area contributed by atoms with Gasteiger partial charge in [0.1, 0.15) is 17.8 Å². The van der Waals surface area contributed by atoms with Gasteiger partial charge in [-0.2, -0.15) is 0 Å². The topological polar surface area (TPSA) is 50.2 Å². The Labute approximate surface area is 103 Å². The summed E-state index contributed by atoms with van der Waals surface area (Å²) >= 11 is 5.67. The maximum Gasteiger partial charge on any atom is 0.224 e. The molecule has 0 unspecified atom stereocenters. The van der Waals surface area contributed by atoms with E-state index in [2.05, 4.69) is 20.3 Å². The lowest BCUT2D eigenvalue weighted by Gasteiger charge is -2.02. The van der Waals surface area contributed by atoms with Gasteiger partial charge in [-0.05, 0) is 35.7 Å². The molecule has 2 atom stereocenters. The molecular weight excluding hydrogens is 243 g/mol. The molecule has 3 rings (SSSR count). The SMILES string of the molecule is F[C@H]1C[C@H]1C1=CC(Nc2ccnc(Cl)n2)=NC1. The summed E-state index contributed by atoms with van der Waals surface area (Å²) in [5, 5.41) is 3.21. The third-order valence-corrected chi connectivity index (χ3v) is 3.01. The third-order valence-electron chi connectivity index (χ3n) is 2.83. The number of anilines is 1. The van der Waals surface area contributed by atoms with Crippen LogP contribution in [0.4, 0.5) is 10.2 Å². The van der Waals surface area contributed by atoms with Crippen molar-refractivity contribution < 1.29 is 4.39 Å². The number of nitrogens with zero attached hydrogens (tertiary/aromatic N) is 3. The second kappa shape index (κ2) is 4.07. The Morgan fingerprint density at radius 1 is 1.47 bits per heavy atom. The van der Waals surface area contributed by atoms with E-state index in [9.17, 15) is 4.39 Å². The molecule has 1 saturated carbocycles. The van der Waals surface area contributed by atoms with E-state index in [0.717, 1.165) is 5.57 Å². The molecule has 1 aliphatic carbocycles. The zero-order valence-corrected chi connectivity index (χ0v) is 9.65. The van der Waals surface area contributed by atoms with Crippen LogP contribution in [0.15, 0.2) is 28.9 Å². The van der Waals surface area contributed by atoms with Crippen molar-refractivity contribution in [3.05, 3.63) is 29.2 Å². The summed E-state index contributed by atoms with van der Waals surface area (Å²) in [4.78, 5) is 12.1. The summed E-state index contributed by atoms with van der Waals surface area (Å²) in [6.07, 6.45) is 3.41. The van der Waals surface area contributed by atoms with Crippen LogP contribution in [0, 0.1) is 5.92 Å². The van der Waals surface area contributed by atoms with Crippen molar-refractivity contribution in [3.8, 4) is 0 Å². The van der Waals surface area contributed by atoms with Gasteiger partial charge in [0.15, 0.2) is 0 Å². The predicted molar refractivity (Wildman–Crippen MR) is 64.1 cm³/mol. The van der Waals surface area contributed by atoms with Gasteiger partial charge >= 0.3 is 0 Å². The minimum Gasteiger partial charge on any atom is -0.325 e. The number of hydrogen-bond donors (Lipinski definition) is 1. The zero-order valence-electron chi connectivity index (χ0n) is 8.90. The summed E-state index contributed by atoms with van der Waals surface area (Å²) in [6.45, 7) is 0.576. The Bertz CT molecular complexity index is 514. The molecule has 0 aromatic carbocycles. The van der Waals surface area contributed by atoms with Gasteiger partial charge in [-0.1, -0.05) is 0 Å². The fourth-order valence-corrected chi connectivity index (χ4v) is 1.97.